The summed E-state index contributed by atoms with van der Waals surface area (Å²) in [7, 11) is 0. The van der Waals surface area contributed by atoms with Crippen LogP contribution in [0.2, 0.25) is 0 Å². The summed E-state index contributed by atoms with van der Waals surface area (Å²) < 4.78 is 3.45. The summed E-state index contributed by atoms with van der Waals surface area (Å²) in [5.41, 5.74) is 1.54. The van der Waals surface area contributed by atoms with Crippen molar-refractivity contribution in [3.8, 4) is 0 Å². The average molecular weight is 361 g/mol. The first-order chi connectivity index (χ1) is 13.3. The lowest BCUT2D eigenvalue weighted by molar-refractivity contribution is 0.350. The van der Waals surface area contributed by atoms with Crippen LogP contribution in [0.3, 0.4) is 0 Å². The minimum Gasteiger partial charge on any atom is -0.355 e. The van der Waals surface area contributed by atoms with Gasteiger partial charge in [-0.05, 0) is 43.0 Å². The number of hydrogen-bond acceptors (Lipinski definition) is 6. The van der Waals surface area contributed by atoms with Gasteiger partial charge < -0.3 is 4.90 Å². The van der Waals surface area contributed by atoms with Gasteiger partial charge in [-0.2, -0.15) is 4.52 Å². The van der Waals surface area contributed by atoms with E-state index in [0.29, 0.717) is 17.8 Å². The van der Waals surface area contributed by atoms with Crippen molar-refractivity contribution in [1.29, 1.82) is 0 Å². The van der Waals surface area contributed by atoms with E-state index >= 15 is 0 Å². The van der Waals surface area contributed by atoms with Crippen molar-refractivity contribution >= 4 is 22.4 Å². The predicted octanol–water partition coefficient (Wildman–Crippen LogP) is 1.75. The Hall–Kier alpha value is -3.29. The Balaban J connectivity index is 1.29. The van der Waals surface area contributed by atoms with Crippen molar-refractivity contribution in [1.82, 2.24) is 29.4 Å². The largest absolute Gasteiger partial charge is 0.355 e. The zero-order valence-electron chi connectivity index (χ0n) is 14.8. The molecule has 0 unspecified atom stereocenters. The maximum atomic E-state index is 12.7. The summed E-state index contributed by atoms with van der Waals surface area (Å²) in [6.07, 6.45) is 5.33. The fraction of sp³-hybridized carbons (Fsp3) is 0.316. The lowest BCUT2D eigenvalue weighted by atomic mass is 9.96. The van der Waals surface area contributed by atoms with Gasteiger partial charge in [-0.1, -0.05) is 12.1 Å². The highest BCUT2D eigenvalue weighted by Gasteiger charge is 2.21. The molecule has 1 saturated heterocycles. The number of para-hydroxylation sites is 1. The quantitative estimate of drug-likeness (QED) is 0.553. The van der Waals surface area contributed by atoms with Crippen LogP contribution in [0.4, 0.5) is 5.82 Å². The molecule has 1 aromatic carbocycles. The summed E-state index contributed by atoms with van der Waals surface area (Å²) in [5.74, 6) is 1.39. The van der Waals surface area contributed by atoms with Crippen LogP contribution in [0.25, 0.3) is 16.6 Å². The first-order valence-corrected chi connectivity index (χ1v) is 9.14. The molecule has 1 fully saturated rings. The van der Waals surface area contributed by atoms with Gasteiger partial charge in [0.2, 0.25) is 0 Å². The molecule has 0 spiro atoms. The van der Waals surface area contributed by atoms with Crippen molar-refractivity contribution in [3.05, 3.63) is 59.4 Å². The second-order valence-electron chi connectivity index (χ2n) is 6.97. The van der Waals surface area contributed by atoms with Gasteiger partial charge in [0.05, 0.1) is 17.2 Å². The molecule has 1 aliphatic rings. The Kier molecular flexibility index (Phi) is 3.81. The van der Waals surface area contributed by atoms with Gasteiger partial charge >= 0.3 is 0 Å². The molecule has 4 aromatic rings. The second-order valence-corrected chi connectivity index (χ2v) is 6.97. The predicted molar refractivity (Wildman–Crippen MR) is 102 cm³/mol. The van der Waals surface area contributed by atoms with Gasteiger partial charge in [0.25, 0.3) is 5.56 Å². The minimum absolute atomic E-state index is 0.0442. The molecule has 4 heterocycles. The van der Waals surface area contributed by atoms with E-state index in [9.17, 15) is 4.79 Å². The Bertz CT molecular complexity index is 1160. The molecule has 0 radical (unpaired) electrons. The van der Waals surface area contributed by atoms with E-state index in [2.05, 4.69) is 25.2 Å². The molecule has 0 bridgehead atoms. The molecule has 0 saturated carbocycles. The lowest BCUT2D eigenvalue weighted by Gasteiger charge is -2.32. The van der Waals surface area contributed by atoms with Crippen LogP contribution in [-0.4, -0.2) is 42.5 Å². The third kappa shape index (κ3) is 2.92. The SMILES string of the molecule is O=c1c2ccccc2ncn1CC1CCN(c2ccc3nncn3n2)CC1. The molecule has 8 nitrogen and oxygen atoms in total. The Morgan fingerprint density at radius 2 is 1.89 bits per heavy atom. The molecule has 0 N–H and O–H groups in total. The fourth-order valence-corrected chi connectivity index (χ4v) is 3.75. The average Bonchev–Trinajstić information content (AvgIpc) is 3.19. The first-order valence-electron chi connectivity index (χ1n) is 9.14. The fourth-order valence-electron chi connectivity index (χ4n) is 3.75. The second kappa shape index (κ2) is 6.46. The third-order valence-corrected chi connectivity index (χ3v) is 5.27. The van der Waals surface area contributed by atoms with Gasteiger partial charge in [0, 0.05) is 19.6 Å². The van der Waals surface area contributed by atoms with E-state index in [-0.39, 0.29) is 5.56 Å². The number of aromatic nitrogens is 6. The number of piperidine rings is 1. The first kappa shape index (κ1) is 15.9. The number of rotatable bonds is 3. The van der Waals surface area contributed by atoms with Gasteiger partial charge in [0.1, 0.15) is 12.1 Å². The van der Waals surface area contributed by atoms with Gasteiger partial charge in [-0.25, -0.2) is 4.98 Å². The standard InChI is InChI=1S/C19H19N7O/c27-19-15-3-1-2-4-16(15)20-12-25(19)11-14-7-9-24(10-8-14)18-6-5-17-22-21-13-26(17)23-18/h1-6,12-14H,7-11H2. The monoisotopic (exact) mass is 361 g/mol. The molecule has 136 valence electrons. The highest BCUT2D eigenvalue weighted by atomic mass is 16.1. The Labute approximate surface area is 155 Å². The third-order valence-electron chi connectivity index (χ3n) is 5.27. The van der Waals surface area contributed by atoms with Crippen molar-refractivity contribution in [3.63, 3.8) is 0 Å². The topological polar surface area (TPSA) is 81.2 Å². The number of fused-ring (bicyclic) bond motifs is 2. The van der Waals surface area contributed by atoms with Crippen LogP contribution < -0.4 is 10.5 Å². The maximum Gasteiger partial charge on any atom is 0.261 e. The Morgan fingerprint density at radius 1 is 1.04 bits per heavy atom. The molecule has 0 atom stereocenters. The highest BCUT2D eigenvalue weighted by molar-refractivity contribution is 5.76. The van der Waals surface area contributed by atoms with Crippen LogP contribution in [0.15, 0.2) is 53.8 Å². The summed E-state index contributed by atoms with van der Waals surface area (Å²) in [6.45, 7) is 2.55. The molecule has 27 heavy (non-hydrogen) atoms. The summed E-state index contributed by atoms with van der Waals surface area (Å²) in [5, 5.41) is 13.1. The van der Waals surface area contributed by atoms with E-state index in [1.54, 1.807) is 21.7 Å². The van der Waals surface area contributed by atoms with Crippen molar-refractivity contribution in [2.24, 2.45) is 5.92 Å². The number of hydrogen-bond donors (Lipinski definition) is 0. The molecular weight excluding hydrogens is 342 g/mol. The van der Waals surface area contributed by atoms with E-state index in [0.717, 1.165) is 42.9 Å². The normalized spacial score (nSPS) is 15.6. The van der Waals surface area contributed by atoms with Gasteiger partial charge in [0.15, 0.2) is 5.65 Å². The van der Waals surface area contributed by atoms with E-state index < -0.39 is 0 Å². The number of benzene rings is 1. The van der Waals surface area contributed by atoms with Gasteiger partial charge in [-0.15, -0.1) is 15.3 Å². The van der Waals surface area contributed by atoms with E-state index in [4.69, 9.17) is 0 Å². The van der Waals surface area contributed by atoms with Crippen LogP contribution in [-0.2, 0) is 6.54 Å². The highest BCUT2D eigenvalue weighted by Crippen LogP contribution is 2.23. The zero-order valence-corrected chi connectivity index (χ0v) is 14.8. The minimum atomic E-state index is 0.0442. The van der Waals surface area contributed by atoms with Crippen molar-refractivity contribution in [2.75, 3.05) is 18.0 Å². The maximum absolute atomic E-state index is 12.7. The van der Waals surface area contributed by atoms with E-state index in [1.807, 2.05) is 36.4 Å². The summed E-state index contributed by atoms with van der Waals surface area (Å²) in [4.78, 5) is 19.4. The van der Waals surface area contributed by atoms with Crippen molar-refractivity contribution < 1.29 is 0 Å². The van der Waals surface area contributed by atoms with E-state index in [1.165, 1.54) is 0 Å². The zero-order chi connectivity index (χ0) is 18.2. The summed E-state index contributed by atoms with van der Waals surface area (Å²) >= 11 is 0. The van der Waals surface area contributed by atoms with Gasteiger partial charge in [-0.3, -0.25) is 9.36 Å². The summed E-state index contributed by atoms with van der Waals surface area (Å²) in [6, 6.07) is 11.4. The van der Waals surface area contributed by atoms with Crippen molar-refractivity contribution in [2.45, 2.75) is 19.4 Å². The van der Waals surface area contributed by atoms with Crippen LogP contribution >= 0.6 is 0 Å². The van der Waals surface area contributed by atoms with Crippen LogP contribution in [0, 0.1) is 5.92 Å². The smallest absolute Gasteiger partial charge is 0.261 e. The molecule has 8 heteroatoms. The van der Waals surface area contributed by atoms with Crippen LogP contribution in [0.5, 0.6) is 0 Å². The molecule has 3 aromatic heterocycles. The lowest BCUT2D eigenvalue weighted by Crippen LogP contribution is -2.37. The molecule has 0 amide bonds. The Morgan fingerprint density at radius 3 is 2.78 bits per heavy atom. The molecule has 5 rings (SSSR count). The number of anilines is 1. The molecule has 1 aliphatic heterocycles. The van der Waals surface area contributed by atoms with Crippen LogP contribution in [0.1, 0.15) is 12.8 Å². The number of nitrogens with zero attached hydrogens (tertiary/aromatic N) is 7. The molecular formula is C19H19N7O. The molecule has 0 aliphatic carbocycles.